The minimum absolute atomic E-state index is 0.225. The minimum atomic E-state index is -4.91. The Balaban J connectivity index is 2.15. The summed E-state index contributed by atoms with van der Waals surface area (Å²) in [6.07, 6.45) is -4.38. The summed E-state index contributed by atoms with van der Waals surface area (Å²) >= 11 is 0. The summed E-state index contributed by atoms with van der Waals surface area (Å²) in [5.74, 6) is -2.74. The van der Waals surface area contributed by atoms with Crippen LogP contribution in [0.25, 0.3) is 0 Å². The summed E-state index contributed by atoms with van der Waals surface area (Å²) in [5.41, 5.74) is 0.596. The fourth-order valence-corrected chi connectivity index (χ4v) is 2.40. The molecule has 0 unspecified atom stereocenters. The molecule has 1 fully saturated rings. The Morgan fingerprint density at radius 1 is 1.35 bits per heavy atom. The van der Waals surface area contributed by atoms with Crippen LogP contribution < -0.4 is 10.6 Å². The van der Waals surface area contributed by atoms with Gasteiger partial charge in [-0.3, -0.25) is 4.79 Å². The molecule has 1 amide bonds. The van der Waals surface area contributed by atoms with Gasteiger partial charge in [-0.25, -0.2) is 4.39 Å². The lowest BCUT2D eigenvalue weighted by atomic mass is 9.86. The van der Waals surface area contributed by atoms with E-state index in [9.17, 15) is 22.4 Å². The molecule has 1 aliphatic heterocycles. The maximum absolute atomic E-state index is 13.2. The fraction of sp³-hybridized carbons (Fsp3) is 0.462. The summed E-state index contributed by atoms with van der Waals surface area (Å²) in [6.45, 7) is 0.836. The molecule has 20 heavy (non-hydrogen) atoms. The lowest BCUT2D eigenvalue weighted by Crippen LogP contribution is -2.53. The first-order chi connectivity index (χ1) is 9.38. The summed E-state index contributed by atoms with van der Waals surface area (Å²) in [5, 5.41) is 4.91. The molecule has 1 heterocycles. The van der Waals surface area contributed by atoms with Gasteiger partial charge in [0.2, 0.25) is 0 Å². The molecule has 1 saturated heterocycles. The van der Waals surface area contributed by atoms with Gasteiger partial charge in [0.25, 0.3) is 0 Å². The van der Waals surface area contributed by atoms with E-state index in [2.05, 4.69) is 5.32 Å². The Hall–Kier alpha value is -1.63. The van der Waals surface area contributed by atoms with Gasteiger partial charge >= 0.3 is 12.1 Å². The zero-order chi connectivity index (χ0) is 14.8. The molecule has 0 aliphatic carbocycles. The number of hydrogen-bond acceptors (Lipinski definition) is 2. The Bertz CT molecular complexity index is 490. The number of nitrogens with one attached hydrogen (secondary N) is 2. The molecule has 1 aromatic carbocycles. The maximum atomic E-state index is 13.2. The SMILES string of the molecule is O=C(N[C@@H]1CNCC[C@H]1c1cccc(F)c1)C(F)(F)F. The van der Waals surface area contributed by atoms with Crippen molar-refractivity contribution < 1.29 is 22.4 Å². The molecule has 2 N–H and O–H groups in total. The standard InChI is InChI=1S/C13H14F4N2O/c14-9-3-1-2-8(6-9)10-4-5-18-7-11(10)19-12(20)13(15,16)17/h1-3,6,10-11,18H,4-5,7H2,(H,19,20)/t10-,11+/m0/s1. The van der Waals surface area contributed by atoms with Crippen LogP contribution in [0.5, 0.6) is 0 Å². The number of carbonyl (C=O) groups is 1. The normalized spacial score (nSPS) is 23.4. The molecule has 110 valence electrons. The maximum Gasteiger partial charge on any atom is 0.471 e. The molecule has 0 aromatic heterocycles. The highest BCUT2D eigenvalue weighted by molar-refractivity contribution is 5.82. The highest BCUT2D eigenvalue weighted by atomic mass is 19.4. The van der Waals surface area contributed by atoms with E-state index in [1.165, 1.54) is 18.2 Å². The molecule has 1 aliphatic rings. The number of alkyl halides is 3. The number of halogens is 4. The third kappa shape index (κ3) is 3.47. The van der Waals surface area contributed by atoms with Crippen molar-refractivity contribution >= 4 is 5.91 Å². The predicted molar refractivity (Wildman–Crippen MR) is 64.6 cm³/mol. The van der Waals surface area contributed by atoms with Crippen LogP contribution in [0.3, 0.4) is 0 Å². The van der Waals surface area contributed by atoms with E-state index in [-0.39, 0.29) is 12.5 Å². The lowest BCUT2D eigenvalue weighted by Gasteiger charge is -2.33. The van der Waals surface area contributed by atoms with Crippen LogP contribution >= 0.6 is 0 Å². The second kappa shape index (κ2) is 5.78. The second-order valence-electron chi connectivity index (χ2n) is 4.73. The van der Waals surface area contributed by atoms with Crippen molar-refractivity contribution in [1.29, 1.82) is 0 Å². The summed E-state index contributed by atoms with van der Waals surface area (Å²) < 4.78 is 50.1. The van der Waals surface area contributed by atoms with Gasteiger partial charge in [0.05, 0.1) is 0 Å². The Labute approximate surface area is 113 Å². The number of piperidine rings is 1. The van der Waals surface area contributed by atoms with Gasteiger partial charge in [0.1, 0.15) is 5.82 Å². The van der Waals surface area contributed by atoms with Crippen LogP contribution in [0, 0.1) is 5.82 Å². The van der Waals surface area contributed by atoms with E-state index in [0.717, 1.165) is 0 Å². The topological polar surface area (TPSA) is 41.1 Å². The van der Waals surface area contributed by atoms with Gasteiger partial charge in [0.15, 0.2) is 0 Å². The van der Waals surface area contributed by atoms with Crippen molar-refractivity contribution in [1.82, 2.24) is 10.6 Å². The van der Waals surface area contributed by atoms with E-state index < -0.39 is 23.9 Å². The van der Waals surface area contributed by atoms with Crippen molar-refractivity contribution in [2.24, 2.45) is 0 Å². The predicted octanol–water partition coefficient (Wildman–Crippen LogP) is 1.95. The molecule has 0 bridgehead atoms. The Morgan fingerprint density at radius 3 is 2.75 bits per heavy atom. The molecule has 0 radical (unpaired) electrons. The van der Waals surface area contributed by atoms with Crippen molar-refractivity contribution in [2.75, 3.05) is 13.1 Å². The van der Waals surface area contributed by atoms with Crippen LogP contribution in [-0.4, -0.2) is 31.2 Å². The van der Waals surface area contributed by atoms with Gasteiger partial charge in [-0.1, -0.05) is 12.1 Å². The van der Waals surface area contributed by atoms with Crippen LogP contribution in [0.4, 0.5) is 17.6 Å². The average molecular weight is 290 g/mol. The zero-order valence-electron chi connectivity index (χ0n) is 10.5. The summed E-state index contributed by atoms with van der Waals surface area (Å²) in [6, 6.07) is 5.03. The van der Waals surface area contributed by atoms with Crippen molar-refractivity contribution in [3.63, 3.8) is 0 Å². The molecule has 7 heteroatoms. The molecule has 2 rings (SSSR count). The third-order valence-electron chi connectivity index (χ3n) is 3.33. The van der Waals surface area contributed by atoms with Gasteiger partial charge in [0, 0.05) is 18.5 Å². The molecular weight excluding hydrogens is 276 g/mol. The molecule has 0 saturated carbocycles. The Morgan fingerprint density at radius 2 is 2.10 bits per heavy atom. The zero-order valence-corrected chi connectivity index (χ0v) is 10.5. The van der Waals surface area contributed by atoms with Crippen molar-refractivity contribution in [3.05, 3.63) is 35.6 Å². The first-order valence-corrected chi connectivity index (χ1v) is 6.22. The lowest BCUT2D eigenvalue weighted by molar-refractivity contribution is -0.174. The first kappa shape index (κ1) is 14.8. The molecule has 1 aromatic rings. The van der Waals surface area contributed by atoms with Crippen LogP contribution in [0.2, 0.25) is 0 Å². The first-order valence-electron chi connectivity index (χ1n) is 6.22. The van der Waals surface area contributed by atoms with Gasteiger partial charge in [-0.05, 0) is 30.7 Å². The second-order valence-corrected chi connectivity index (χ2v) is 4.73. The van der Waals surface area contributed by atoms with E-state index in [1.54, 1.807) is 6.07 Å². The molecule has 0 spiro atoms. The number of amides is 1. The molecule has 2 atom stereocenters. The van der Waals surface area contributed by atoms with E-state index >= 15 is 0 Å². The van der Waals surface area contributed by atoms with Crippen molar-refractivity contribution in [3.8, 4) is 0 Å². The summed E-state index contributed by atoms with van der Waals surface area (Å²) in [4.78, 5) is 11.0. The van der Waals surface area contributed by atoms with Crippen LogP contribution in [0.1, 0.15) is 17.9 Å². The average Bonchev–Trinajstić information content (AvgIpc) is 2.38. The van der Waals surface area contributed by atoms with Crippen LogP contribution in [-0.2, 0) is 4.79 Å². The monoisotopic (exact) mass is 290 g/mol. The van der Waals surface area contributed by atoms with Gasteiger partial charge in [-0.2, -0.15) is 13.2 Å². The van der Waals surface area contributed by atoms with E-state index in [4.69, 9.17) is 0 Å². The number of hydrogen-bond donors (Lipinski definition) is 2. The van der Waals surface area contributed by atoms with Crippen molar-refractivity contribution in [2.45, 2.75) is 24.6 Å². The van der Waals surface area contributed by atoms with E-state index in [1.807, 2.05) is 5.32 Å². The van der Waals surface area contributed by atoms with Gasteiger partial charge in [-0.15, -0.1) is 0 Å². The third-order valence-corrected chi connectivity index (χ3v) is 3.33. The smallest absolute Gasteiger partial charge is 0.344 e. The largest absolute Gasteiger partial charge is 0.471 e. The minimum Gasteiger partial charge on any atom is -0.344 e. The number of rotatable bonds is 2. The molecular formula is C13H14F4N2O. The highest BCUT2D eigenvalue weighted by Gasteiger charge is 2.41. The quantitative estimate of drug-likeness (QED) is 0.817. The van der Waals surface area contributed by atoms with E-state index in [0.29, 0.717) is 18.5 Å². The fourth-order valence-electron chi connectivity index (χ4n) is 2.40. The van der Waals surface area contributed by atoms with Gasteiger partial charge < -0.3 is 10.6 Å². The molecule has 3 nitrogen and oxygen atoms in total. The summed E-state index contributed by atoms with van der Waals surface area (Å²) in [7, 11) is 0. The number of benzene rings is 1. The number of carbonyl (C=O) groups excluding carboxylic acids is 1. The van der Waals surface area contributed by atoms with Crippen LogP contribution in [0.15, 0.2) is 24.3 Å². The highest BCUT2D eigenvalue weighted by Crippen LogP contribution is 2.27. The Kier molecular flexibility index (Phi) is 4.27.